The molecule has 0 bridgehead atoms. The fraction of sp³-hybridized carbons (Fsp3) is 0.667. The Bertz CT molecular complexity index is 330. The molecule has 2 N–H and O–H groups in total. The third-order valence-corrected chi connectivity index (χ3v) is 2.36. The molecule has 1 rings (SSSR count). The van der Waals surface area contributed by atoms with Gasteiger partial charge in [0.1, 0.15) is 12.0 Å². The minimum Gasteiger partial charge on any atom is -0.382 e. The number of aromatic nitrogens is 1. The Labute approximate surface area is 131 Å². The van der Waals surface area contributed by atoms with E-state index in [1.165, 1.54) is 0 Å². The molecule has 0 unspecified atom stereocenters. The van der Waals surface area contributed by atoms with Crippen LogP contribution in [-0.4, -0.2) is 37.9 Å². The summed E-state index contributed by atoms with van der Waals surface area (Å²) in [6, 6.07) is 1.82. The maximum absolute atomic E-state index is 5.27. The van der Waals surface area contributed by atoms with Crippen LogP contribution in [0, 0.1) is 0 Å². The van der Waals surface area contributed by atoms with Gasteiger partial charge in [0.15, 0.2) is 5.96 Å². The molecule has 0 aliphatic heterocycles. The molecule has 1 aromatic heterocycles. The van der Waals surface area contributed by atoms with Crippen LogP contribution in [0.15, 0.2) is 21.8 Å². The molecule has 0 saturated carbocycles. The maximum Gasteiger partial charge on any atom is 0.191 e. The van der Waals surface area contributed by atoms with Crippen LogP contribution in [0.25, 0.3) is 0 Å². The lowest BCUT2D eigenvalue weighted by atomic mass is 10.3. The summed E-state index contributed by atoms with van der Waals surface area (Å²) >= 11 is 0. The maximum atomic E-state index is 5.27. The summed E-state index contributed by atoms with van der Waals surface area (Å²) in [5, 5.41) is 10.2. The van der Waals surface area contributed by atoms with Gasteiger partial charge < -0.3 is 19.9 Å². The van der Waals surface area contributed by atoms with Crippen molar-refractivity contribution >= 4 is 29.9 Å². The smallest absolute Gasteiger partial charge is 0.191 e. The first-order valence-corrected chi connectivity index (χ1v) is 6.28. The fourth-order valence-corrected chi connectivity index (χ4v) is 1.40. The zero-order valence-electron chi connectivity index (χ0n) is 11.5. The highest BCUT2D eigenvalue weighted by Crippen LogP contribution is 1.93. The first-order valence-electron chi connectivity index (χ1n) is 6.28. The van der Waals surface area contributed by atoms with Gasteiger partial charge in [-0.1, -0.05) is 5.16 Å². The second kappa shape index (κ2) is 12.2. The quantitative estimate of drug-likeness (QED) is 0.310. The number of rotatable bonds is 8. The average Bonchev–Trinajstić information content (AvgIpc) is 2.90. The zero-order chi connectivity index (χ0) is 13.1. The Kier molecular flexibility index (Phi) is 11.7. The number of nitrogens with one attached hydrogen (secondary N) is 2. The number of aliphatic imine (C=N–C) groups is 1. The minimum atomic E-state index is 0. The van der Waals surface area contributed by atoms with Crippen LogP contribution in [0.2, 0.25) is 0 Å². The Morgan fingerprint density at radius 1 is 1.42 bits per heavy atom. The van der Waals surface area contributed by atoms with Crippen molar-refractivity contribution in [1.29, 1.82) is 0 Å². The van der Waals surface area contributed by atoms with E-state index in [-0.39, 0.29) is 24.0 Å². The van der Waals surface area contributed by atoms with E-state index in [2.05, 4.69) is 20.8 Å². The first kappa shape index (κ1) is 18.2. The first-order chi connectivity index (χ1) is 8.86. The topological polar surface area (TPSA) is 71.7 Å². The van der Waals surface area contributed by atoms with Crippen LogP contribution in [-0.2, 0) is 11.3 Å². The van der Waals surface area contributed by atoms with Crippen LogP contribution < -0.4 is 10.6 Å². The average molecular weight is 382 g/mol. The lowest BCUT2D eigenvalue weighted by Crippen LogP contribution is -2.37. The summed E-state index contributed by atoms with van der Waals surface area (Å²) in [6.07, 6.45) is 3.67. The van der Waals surface area contributed by atoms with Gasteiger partial charge >= 0.3 is 0 Å². The van der Waals surface area contributed by atoms with E-state index in [0.29, 0.717) is 6.54 Å². The van der Waals surface area contributed by atoms with Crippen molar-refractivity contribution in [1.82, 2.24) is 15.8 Å². The molecule has 0 saturated heterocycles. The molecule has 110 valence electrons. The third-order valence-electron chi connectivity index (χ3n) is 2.36. The highest BCUT2D eigenvalue weighted by atomic mass is 127. The Balaban J connectivity index is 0.00000324. The molecule has 0 fully saturated rings. The summed E-state index contributed by atoms with van der Waals surface area (Å²) in [5.41, 5.74) is 0.856. The molecule has 6 nitrogen and oxygen atoms in total. The standard InChI is InChI=1S/C12H22N4O2.HI/c1-3-17-8-5-4-7-14-12(13-2)15-10-11-6-9-18-16-11;/h6,9H,3-5,7-8,10H2,1-2H3,(H2,13,14,15);1H. The SMILES string of the molecule is CCOCCCCNC(=NC)NCc1ccon1.I. The molecule has 0 aromatic carbocycles. The molecular formula is C12H23IN4O2. The summed E-state index contributed by atoms with van der Waals surface area (Å²) in [4.78, 5) is 4.13. The van der Waals surface area contributed by atoms with E-state index in [0.717, 1.165) is 44.3 Å². The third kappa shape index (κ3) is 8.82. The number of nitrogens with zero attached hydrogens (tertiary/aromatic N) is 2. The summed E-state index contributed by atoms with van der Waals surface area (Å²) in [5.74, 6) is 0.773. The molecule has 1 heterocycles. The highest BCUT2D eigenvalue weighted by Gasteiger charge is 1.99. The van der Waals surface area contributed by atoms with Crippen molar-refractivity contribution in [3.8, 4) is 0 Å². The van der Waals surface area contributed by atoms with Crippen molar-refractivity contribution in [3.63, 3.8) is 0 Å². The van der Waals surface area contributed by atoms with Crippen molar-refractivity contribution < 1.29 is 9.26 Å². The molecule has 0 radical (unpaired) electrons. The molecule has 7 heteroatoms. The van der Waals surface area contributed by atoms with E-state index in [9.17, 15) is 0 Å². The van der Waals surface area contributed by atoms with E-state index in [4.69, 9.17) is 9.26 Å². The Morgan fingerprint density at radius 2 is 2.26 bits per heavy atom. The second-order valence-electron chi connectivity index (χ2n) is 3.75. The second-order valence-corrected chi connectivity index (χ2v) is 3.75. The van der Waals surface area contributed by atoms with Gasteiger partial charge in [0, 0.05) is 32.9 Å². The lowest BCUT2D eigenvalue weighted by Gasteiger charge is -2.10. The number of ether oxygens (including phenoxy) is 1. The van der Waals surface area contributed by atoms with Crippen molar-refractivity contribution in [2.45, 2.75) is 26.3 Å². The number of guanidine groups is 1. The molecule has 1 aromatic rings. The van der Waals surface area contributed by atoms with E-state index >= 15 is 0 Å². The van der Waals surface area contributed by atoms with Gasteiger partial charge in [0.2, 0.25) is 0 Å². The van der Waals surface area contributed by atoms with Gasteiger partial charge in [-0.05, 0) is 19.8 Å². The number of hydrogen-bond donors (Lipinski definition) is 2. The minimum absolute atomic E-state index is 0. The van der Waals surface area contributed by atoms with Crippen LogP contribution in [0.1, 0.15) is 25.5 Å². The Morgan fingerprint density at radius 3 is 2.89 bits per heavy atom. The van der Waals surface area contributed by atoms with Crippen LogP contribution in [0.3, 0.4) is 0 Å². The molecule has 0 aliphatic carbocycles. The highest BCUT2D eigenvalue weighted by molar-refractivity contribution is 14.0. The van der Waals surface area contributed by atoms with Crippen molar-refractivity contribution in [2.24, 2.45) is 4.99 Å². The summed E-state index contributed by atoms with van der Waals surface area (Å²) < 4.78 is 10.0. The summed E-state index contributed by atoms with van der Waals surface area (Å²) in [6.45, 7) is 5.10. The van der Waals surface area contributed by atoms with E-state index in [1.807, 2.05) is 13.0 Å². The van der Waals surface area contributed by atoms with Crippen LogP contribution in [0.4, 0.5) is 0 Å². The number of hydrogen-bond acceptors (Lipinski definition) is 4. The predicted molar refractivity (Wildman–Crippen MR) is 85.8 cm³/mol. The molecule has 0 atom stereocenters. The molecule has 0 aliphatic rings. The van der Waals surface area contributed by atoms with Crippen molar-refractivity contribution in [2.75, 3.05) is 26.8 Å². The number of halogens is 1. The van der Waals surface area contributed by atoms with Crippen LogP contribution in [0.5, 0.6) is 0 Å². The van der Waals surface area contributed by atoms with Gasteiger partial charge in [0.25, 0.3) is 0 Å². The van der Waals surface area contributed by atoms with Gasteiger partial charge in [0.05, 0.1) is 6.54 Å². The van der Waals surface area contributed by atoms with E-state index in [1.54, 1.807) is 13.3 Å². The lowest BCUT2D eigenvalue weighted by molar-refractivity contribution is 0.143. The molecule has 0 spiro atoms. The van der Waals surface area contributed by atoms with Crippen molar-refractivity contribution in [3.05, 3.63) is 18.0 Å². The normalized spacial score (nSPS) is 10.9. The zero-order valence-corrected chi connectivity index (χ0v) is 13.8. The largest absolute Gasteiger partial charge is 0.382 e. The molecule has 19 heavy (non-hydrogen) atoms. The van der Waals surface area contributed by atoms with Gasteiger partial charge in [-0.15, -0.1) is 24.0 Å². The monoisotopic (exact) mass is 382 g/mol. The van der Waals surface area contributed by atoms with Gasteiger partial charge in [-0.25, -0.2) is 0 Å². The number of unbranched alkanes of at least 4 members (excludes halogenated alkanes) is 1. The molecular weight excluding hydrogens is 359 g/mol. The van der Waals surface area contributed by atoms with Gasteiger partial charge in [-0.2, -0.15) is 0 Å². The van der Waals surface area contributed by atoms with E-state index < -0.39 is 0 Å². The van der Waals surface area contributed by atoms with Gasteiger partial charge in [-0.3, -0.25) is 4.99 Å². The Hall–Kier alpha value is -0.830. The molecule has 0 amide bonds. The van der Waals surface area contributed by atoms with Crippen LogP contribution >= 0.6 is 24.0 Å². The fourth-order valence-electron chi connectivity index (χ4n) is 1.40. The summed E-state index contributed by atoms with van der Waals surface area (Å²) in [7, 11) is 1.75. The predicted octanol–water partition coefficient (Wildman–Crippen LogP) is 1.77.